The molecule has 0 radical (unpaired) electrons. The normalized spacial score (nSPS) is 18.7. The Labute approximate surface area is 98.2 Å². The zero-order valence-corrected chi connectivity index (χ0v) is 10.5. The minimum Gasteiger partial charge on any atom is -0.396 e. The number of likely N-dealkylation sites (tertiary alicyclic amines) is 1. The number of hydrogen-bond donors (Lipinski definition) is 1. The van der Waals surface area contributed by atoms with Crippen molar-refractivity contribution in [3.8, 4) is 0 Å². The molecule has 4 heteroatoms. The Morgan fingerprint density at radius 2 is 2.00 bits per heavy atom. The fourth-order valence-corrected chi connectivity index (χ4v) is 2.23. The van der Waals surface area contributed by atoms with Crippen molar-refractivity contribution < 1.29 is 9.90 Å². The van der Waals surface area contributed by atoms with Crippen LogP contribution in [0.1, 0.15) is 32.6 Å². The molecular formula is C12H24N2O2. The van der Waals surface area contributed by atoms with E-state index in [1.807, 2.05) is 11.9 Å². The van der Waals surface area contributed by atoms with Gasteiger partial charge in [-0.05, 0) is 32.2 Å². The molecule has 1 aliphatic heterocycles. The highest BCUT2D eigenvalue weighted by molar-refractivity contribution is 5.73. The molecule has 1 rings (SSSR count). The summed E-state index contributed by atoms with van der Waals surface area (Å²) in [5, 5.41) is 8.71. The van der Waals surface area contributed by atoms with E-state index in [2.05, 4.69) is 4.90 Å². The highest BCUT2D eigenvalue weighted by Crippen LogP contribution is 2.15. The number of piperidine rings is 1. The molecule has 1 fully saturated rings. The molecule has 16 heavy (non-hydrogen) atoms. The van der Waals surface area contributed by atoms with E-state index in [9.17, 15) is 4.79 Å². The summed E-state index contributed by atoms with van der Waals surface area (Å²) in [7, 11) is 1.90. The lowest BCUT2D eigenvalue weighted by Crippen LogP contribution is -2.45. The van der Waals surface area contributed by atoms with Gasteiger partial charge in [0.15, 0.2) is 0 Å². The molecule has 1 N–H and O–H groups in total. The highest BCUT2D eigenvalue weighted by Gasteiger charge is 2.23. The molecule has 0 aromatic carbocycles. The second kappa shape index (κ2) is 6.86. The number of carbonyl (C=O) groups is 1. The van der Waals surface area contributed by atoms with Crippen LogP contribution < -0.4 is 0 Å². The molecule has 94 valence electrons. The maximum Gasteiger partial charge on any atom is 0.219 e. The molecule has 0 aromatic heterocycles. The molecule has 4 nitrogen and oxygen atoms in total. The molecule has 0 aliphatic carbocycles. The van der Waals surface area contributed by atoms with Crippen LogP contribution in [0.2, 0.25) is 0 Å². The predicted molar refractivity (Wildman–Crippen MR) is 64.2 cm³/mol. The van der Waals surface area contributed by atoms with Gasteiger partial charge in [0, 0.05) is 39.7 Å². The molecule has 1 saturated heterocycles. The second-order valence-corrected chi connectivity index (χ2v) is 4.63. The summed E-state index contributed by atoms with van der Waals surface area (Å²) in [5.41, 5.74) is 0. The van der Waals surface area contributed by atoms with E-state index in [1.54, 1.807) is 6.92 Å². The van der Waals surface area contributed by atoms with Crippen molar-refractivity contribution in [1.82, 2.24) is 9.80 Å². The van der Waals surface area contributed by atoms with Gasteiger partial charge in [0.05, 0.1) is 0 Å². The Hall–Kier alpha value is -0.610. The van der Waals surface area contributed by atoms with Gasteiger partial charge in [-0.1, -0.05) is 0 Å². The maximum absolute atomic E-state index is 11.2. The number of hydrogen-bond acceptors (Lipinski definition) is 3. The molecule has 0 saturated carbocycles. The Morgan fingerprint density at radius 1 is 1.38 bits per heavy atom. The standard InChI is InChI=1S/C12H24N2O2/c1-11(16)13(2)12-5-8-14(9-6-12)7-3-4-10-15/h12,15H,3-10H2,1-2H3. The van der Waals surface area contributed by atoms with Crippen LogP contribution >= 0.6 is 0 Å². The van der Waals surface area contributed by atoms with Crippen LogP contribution in [0.4, 0.5) is 0 Å². The molecule has 0 atom stereocenters. The zero-order valence-electron chi connectivity index (χ0n) is 10.5. The van der Waals surface area contributed by atoms with Gasteiger partial charge < -0.3 is 14.9 Å². The molecule has 0 bridgehead atoms. The van der Waals surface area contributed by atoms with E-state index < -0.39 is 0 Å². The first-order chi connectivity index (χ1) is 7.65. The summed E-state index contributed by atoms with van der Waals surface area (Å²) in [4.78, 5) is 15.5. The van der Waals surface area contributed by atoms with E-state index in [-0.39, 0.29) is 5.91 Å². The summed E-state index contributed by atoms with van der Waals surface area (Å²) in [6.45, 7) is 5.16. The van der Waals surface area contributed by atoms with E-state index in [0.29, 0.717) is 12.6 Å². The van der Waals surface area contributed by atoms with Crippen LogP contribution in [0.5, 0.6) is 0 Å². The predicted octanol–water partition coefficient (Wildman–Crippen LogP) is 0.702. The summed E-state index contributed by atoms with van der Waals surface area (Å²) >= 11 is 0. The van der Waals surface area contributed by atoms with Crippen LogP contribution in [-0.4, -0.2) is 60.1 Å². The van der Waals surface area contributed by atoms with Gasteiger partial charge in [-0.25, -0.2) is 0 Å². The number of aliphatic hydroxyl groups excluding tert-OH is 1. The fraction of sp³-hybridized carbons (Fsp3) is 0.917. The lowest BCUT2D eigenvalue weighted by Gasteiger charge is -2.36. The lowest BCUT2D eigenvalue weighted by atomic mass is 10.0. The minimum absolute atomic E-state index is 0.165. The zero-order chi connectivity index (χ0) is 12.0. The number of nitrogens with zero attached hydrogens (tertiary/aromatic N) is 2. The van der Waals surface area contributed by atoms with Crippen LogP contribution in [-0.2, 0) is 4.79 Å². The summed E-state index contributed by atoms with van der Waals surface area (Å²) in [6.07, 6.45) is 4.13. The van der Waals surface area contributed by atoms with Crippen LogP contribution in [0.15, 0.2) is 0 Å². The molecular weight excluding hydrogens is 204 g/mol. The summed E-state index contributed by atoms with van der Waals surface area (Å²) < 4.78 is 0. The average Bonchev–Trinajstić information content (AvgIpc) is 2.29. The topological polar surface area (TPSA) is 43.8 Å². The average molecular weight is 228 g/mol. The van der Waals surface area contributed by atoms with Crippen molar-refractivity contribution in [1.29, 1.82) is 0 Å². The lowest BCUT2D eigenvalue weighted by molar-refractivity contribution is -0.130. The first-order valence-electron chi connectivity index (χ1n) is 6.21. The van der Waals surface area contributed by atoms with Crippen molar-refractivity contribution in [2.24, 2.45) is 0 Å². The molecule has 1 aliphatic rings. The Balaban J connectivity index is 2.20. The highest BCUT2D eigenvalue weighted by atomic mass is 16.2. The van der Waals surface area contributed by atoms with Gasteiger partial charge in [0.1, 0.15) is 0 Å². The van der Waals surface area contributed by atoms with E-state index in [1.165, 1.54) is 0 Å². The van der Waals surface area contributed by atoms with Gasteiger partial charge in [0.2, 0.25) is 5.91 Å². The van der Waals surface area contributed by atoms with Gasteiger partial charge in [-0.15, -0.1) is 0 Å². The number of unbranched alkanes of at least 4 members (excludes halogenated alkanes) is 1. The van der Waals surface area contributed by atoms with E-state index >= 15 is 0 Å². The smallest absolute Gasteiger partial charge is 0.219 e. The first-order valence-corrected chi connectivity index (χ1v) is 6.21. The molecule has 0 spiro atoms. The van der Waals surface area contributed by atoms with Crippen LogP contribution in [0.25, 0.3) is 0 Å². The number of carbonyl (C=O) groups excluding carboxylic acids is 1. The Bertz CT molecular complexity index is 213. The van der Waals surface area contributed by atoms with Gasteiger partial charge in [-0.2, -0.15) is 0 Å². The van der Waals surface area contributed by atoms with Crippen molar-refractivity contribution in [2.75, 3.05) is 33.3 Å². The van der Waals surface area contributed by atoms with Gasteiger partial charge >= 0.3 is 0 Å². The fourth-order valence-electron chi connectivity index (χ4n) is 2.23. The number of amides is 1. The number of aliphatic hydroxyl groups is 1. The quantitative estimate of drug-likeness (QED) is 0.705. The van der Waals surface area contributed by atoms with Crippen molar-refractivity contribution in [2.45, 2.75) is 38.6 Å². The third-order valence-corrected chi connectivity index (χ3v) is 3.48. The SMILES string of the molecule is CC(=O)N(C)C1CCN(CCCCO)CC1. The molecule has 1 amide bonds. The van der Waals surface area contributed by atoms with Crippen LogP contribution in [0.3, 0.4) is 0 Å². The molecule has 0 unspecified atom stereocenters. The van der Waals surface area contributed by atoms with Crippen molar-refractivity contribution >= 4 is 5.91 Å². The van der Waals surface area contributed by atoms with Gasteiger partial charge in [-0.3, -0.25) is 4.79 Å². The van der Waals surface area contributed by atoms with Crippen molar-refractivity contribution in [3.63, 3.8) is 0 Å². The Morgan fingerprint density at radius 3 is 2.50 bits per heavy atom. The Kier molecular flexibility index (Phi) is 5.77. The third-order valence-electron chi connectivity index (χ3n) is 3.48. The largest absolute Gasteiger partial charge is 0.396 e. The number of rotatable bonds is 5. The van der Waals surface area contributed by atoms with Crippen LogP contribution in [0, 0.1) is 0 Å². The first kappa shape index (κ1) is 13.5. The second-order valence-electron chi connectivity index (χ2n) is 4.63. The summed E-state index contributed by atoms with van der Waals surface area (Å²) in [5.74, 6) is 0.165. The van der Waals surface area contributed by atoms with Gasteiger partial charge in [0.25, 0.3) is 0 Å². The minimum atomic E-state index is 0.165. The monoisotopic (exact) mass is 228 g/mol. The molecule has 1 heterocycles. The maximum atomic E-state index is 11.2. The molecule has 0 aromatic rings. The van der Waals surface area contributed by atoms with Crippen molar-refractivity contribution in [3.05, 3.63) is 0 Å². The summed E-state index contributed by atoms with van der Waals surface area (Å²) in [6, 6.07) is 0.423. The van der Waals surface area contributed by atoms with E-state index in [4.69, 9.17) is 5.11 Å². The third kappa shape index (κ3) is 4.10. The van der Waals surface area contributed by atoms with E-state index in [0.717, 1.165) is 45.3 Å².